The summed E-state index contributed by atoms with van der Waals surface area (Å²) in [6.45, 7) is 6.86. The molecule has 0 spiro atoms. The SMILES string of the molecule is C[C@@H]1CCC[C@@H](N2CCN(c3ncccn3)CC2)C1. The predicted octanol–water partition coefficient (Wildman–Crippen LogP) is 2.18. The first-order chi connectivity index (χ1) is 9.33. The monoisotopic (exact) mass is 260 g/mol. The van der Waals surface area contributed by atoms with Crippen LogP contribution >= 0.6 is 0 Å². The van der Waals surface area contributed by atoms with Crippen molar-refractivity contribution in [1.29, 1.82) is 0 Å². The van der Waals surface area contributed by atoms with Gasteiger partial charge in [-0.05, 0) is 24.8 Å². The van der Waals surface area contributed by atoms with Crippen LogP contribution in [-0.4, -0.2) is 47.1 Å². The molecule has 3 rings (SSSR count). The molecule has 1 saturated carbocycles. The largest absolute Gasteiger partial charge is 0.338 e. The first-order valence-corrected chi connectivity index (χ1v) is 7.59. The first-order valence-electron chi connectivity index (χ1n) is 7.59. The van der Waals surface area contributed by atoms with Crippen molar-refractivity contribution in [2.75, 3.05) is 31.1 Å². The fourth-order valence-corrected chi connectivity index (χ4v) is 3.48. The van der Waals surface area contributed by atoms with Crippen LogP contribution in [0.1, 0.15) is 32.6 Å². The maximum Gasteiger partial charge on any atom is 0.225 e. The van der Waals surface area contributed by atoms with Crippen LogP contribution in [0, 0.1) is 5.92 Å². The molecule has 1 aromatic rings. The van der Waals surface area contributed by atoms with E-state index in [0.29, 0.717) is 0 Å². The molecule has 4 nitrogen and oxygen atoms in total. The molecule has 0 bridgehead atoms. The molecule has 0 N–H and O–H groups in total. The summed E-state index contributed by atoms with van der Waals surface area (Å²) < 4.78 is 0. The Morgan fingerprint density at radius 1 is 1.05 bits per heavy atom. The lowest BCUT2D eigenvalue weighted by Crippen LogP contribution is -2.51. The van der Waals surface area contributed by atoms with Crippen LogP contribution in [0.3, 0.4) is 0 Å². The van der Waals surface area contributed by atoms with E-state index in [4.69, 9.17) is 0 Å². The molecule has 0 radical (unpaired) electrons. The maximum atomic E-state index is 4.35. The van der Waals surface area contributed by atoms with Gasteiger partial charge in [-0.3, -0.25) is 4.90 Å². The number of anilines is 1. The Morgan fingerprint density at radius 2 is 1.79 bits per heavy atom. The molecular formula is C15H24N4. The third kappa shape index (κ3) is 3.06. The smallest absolute Gasteiger partial charge is 0.225 e. The quantitative estimate of drug-likeness (QED) is 0.816. The van der Waals surface area contributed by atoms with Gasteiger partial charge in [-0.1, -0.05) is 19.8 Å². The van der Waals surface area contributed by atoms with E-state index in [1.165, 1.54) is 25.7 Å². The van der Waals surface area contributed by atoms with Gasteiger partial charge in [-0.15, -0.1) is 0 Å². The predicted molar refractivity (Wildman–Crippen MR) is 77.2 cm³/mol. The summed E-state index contributed by atoms with van der Waals surface area (Å²) in [5.74, 6) is 1.80. The molecule has 0 amide bonds. The standard InChI is InChI=1S/C15H24N4/c1-13-4-2-5-14(12-13)18-8-10-19(11-9-18)15-16-6-3-7-17-15/h3,6-7,13-14H,2,4-5,8-12H2,1H3/t13-,14-/m1/s1. The van der Waals surface area contributed by atoms with Crippen molar-refractivity contribution in [2.45, 2.75) is 38.6 Å². The van der Waals surface area contributed by atoms with Gasteiger partial charge in [0.05, 0.1) is 0 Å². The van der Waals surface area contributed by atoms with Crippen LogP contribution < -0.4 is 4.90 Å². The Balaban J connectivity index is 1.54. The molecule has 1 aliphatic carbocycles. The molecule has 2 fully saturated rings. The van der Waals surface area contributed by atoms with Crippen LogP contribution in [0.2, 0.25) is 0 Å². The normalized spacial score (nSPS) is 29.4. The Labute approximate surface area is 115 Å². The van der Waals surface area contributed by atoms with Crippen LogP contribution in [0.5, 0.6) is 0 Å². The van der Waals surface area contributed by atoms with Gasteiger partial charge in [0.1, 0.15) is 0 Å². The minimum Gasteiger partial charge on any atom is -0.338 e. The Kier molecular flexibility index (Phi) is 3.97. The van der Waals surface area contributed by atoms with Gasteiger partial charge in [0, 0.05) is 44.6 Å². The molecule has 0 unspecified atom stereocenters. The average molecular weight is 260 g/mol. The minimum absolute atomic E-state index is 0.822. The minimum atomic E-state index is 0.822. The van der Waals surface area contributed by atoms with Crippen molar-refractivity contribution >= 4 is 5.95 Å². The van der Waals surface area contributed by atoms with E-state index >= 15 is 0 Å². The van der Waals surface area contributed by atoms with E-state index in [-0.39, 0.29) is 0 Å². The summed E-state index contributed by atoms with van der Waals surface area (Å²) in [6, 6.07) is 2.70. The number of hydrogen-bond acceptors (Lipinski definition) is 4. The molecular weight excluding hydrogens is 236 g/mol. The second-order valence-electron chi connectivity index (χ2n) is 6.00. The van der Waals surface area contributed by atoms with E-state index in [1.54, 1.807) is 0 Å². The van der Waals surface area contributed by atoms with Crippen LogP contribution in [-0.2, 0) is 0 Å². The van der Waals surface area contributed by atoms with Crippen molar-refractivity contribution in [3.05, 3.63) is 18.5 Å². The zero-order valence-electron chi connectivity index (χ0n) is 11.8. The van der Waals surface area contributed by atoms with Crippen molar-refractivity contribution in [2.24, 2.45) is 5.92 Å². The van der Waals surface area contributed by atoms with Crippen molar-refractivity contribution in [1.82, 2.24) is 14.9 Å². The number of rotatable bonds is 2. The molecule has 0 aromatic carbocycles. The van der Waals surface area contributed by atoms with Crippen LogP contribution in [0.15, 0.2) is 18.5 Å². The van der Waals surface area contributed by atoms with E-state index in [0.717, 1.165) is 44.1 Å². The maximum absolute atomic E-state index is 4.35. The fraction of sp³-hybridized carbons (Fsp3) is 0.733. The lowest BCUT2D eigenvalue weighted by molar-refractivity contribution is 0.127. The van der Waals surface area contributed by atoms with Gasteiger partial charge in [-0.25, -0.2) is 9.97 Å². The molecule has 1 aliphatic heterocycles. The molecule has 1 saturated heterocycles. The van der Waals surface area contributed by atoms with E-state index in [1.807, 2.05) is 18.5 Å². The second kappa shape index (κ2) is 5.87. The number of aromatic nitrogens is 2. The Bertz CT molecular complexity index is 386. The van der Waals surface area contributed by atoms with E-state index in [2.05, 4.69) is 26.7 Å². The molecule has 2 heterocycles. The highest BCUT2D eigenvalue weighted by molar-refractivity contribution is 5.29. The zero-order valence-corrected chi connectivity index (χ0v) is 11.8. The van der Waals surface area contributed by atoms with Gasteiger partial charge in [-0.2, -0.15) is 0 Å². The molecule has 1 aromatic heterocycles. The Morgan fingerprint density at radius 3 is 2.47 bits per heavy atom. The fourth-order valence-electron chi connectivity index (χ4n) is 3.48. The summed E-state index contributed by atoms with van der Waals surface area (Å²) in [5, 5.41) is 0. The van der Waals surface area contributed by atoms with Crippen LogP contribution in [0.25, 0.3) is 0 Å². The molecule has 19 heavy (non-hydrogen) atoms. The highest BCUT2D eigenvalue weighted by atomic mass is 15.3. The summed E-state index contributed by atoms with van der Waals surface area (Å²) >= 11 is 0. The topological polar surface area (TPSA) is 32.3 Å². The second-order valence-corrected chi connectivity index (χ2v) is 6.00. The van der Waals surface area contributed by atoms with Gasteiger partial charge < -0.3 is 4.90 Å². The summed E-state index contributed by atoms with van der Waals surface area (Å²) in [7, 11) is 0. The number of nitrogens with zero attached hydrogens (tertiary/aromatic N) is 4. The van der Waals surface area contributed by atoms with E-state index in [9.17, 15) is 0 Å². The average Bonchev–Trinajstić information content (AvgIpc) is 2.48. The number of piperazine rings is 1. The lowest BCUT2D eigenvalue weighted by Gasteiger charge is -2.41. The molecule has 2 aliphatic rings. The highest BCUT2D eigenvalue weighted by Gasteiger charge is 2.27. The van der Waals surface area contributed by atoms with Gasteiger partial charge in [0.15, 0.2) is 0 Å². The third-order valence-electron chi connectivity index (χ3n) is 4.57. The molecule has 2 atom stereocenters. The van der Waals surface area contributed by atoms with Crippen molar-refractivity contribution in [3.63, 3.8) is 0 Å². The summed E-state index contributed by atoms with van der Waals surface area (Å²) in [6.07, 6.45) is 9.28. The van der Waals surface area contributed by atoms with E-state index < -0.39 is 0 Å². The summed E-state index contributed by atoms with van der Waals surface area (Å²) in [5.41, 5.74) is 0. The third-order valence-corrected chi connectivity index (χ3v) is 4.57. The van der Waals surface area contributed by atoms with Crippen molar-refractivity contribution in [3.8, 4) is 0 Å². The van der Waals surface area contributed by atoms with Crippen LogP contribution in [0.4, 0.5) is 5.95 Å². The molecule has 4 heteroatoms. The Hall–Kier alpha value is -1.16. The van der Waals surface area contributed by atoms with Crippen molar-refractivity contribution < 1.29 is 0 Å². The number of hydrogen-bond donors (Lipinski definition) is 0. The first kappa shape index (κ1) is 12.9. The molecule has 104 valence electrons. The van der Waals surface area contributed by atoms with Gasteiger partial charge in [0.2, 0.25) is 5.95 Å². The van der Waals surface area contributed by atoms with Gasteiger partial charge >= 0.3 is 0 Å². The van der Waals surface area contributed by atoms with Gasteiger partial charge in [0.25, 0.3) is 0 Å². The summed E-state index contributed by atoms with van der Waals surface area (Å²) in [4.78, 5) is 13.7. The highest BCUT2D eigenvalue weighted by Crippen LogP contribution is 2.28. The lowest BCUT2D eigenvalue weighted by atomic mass is 9.86. The zero-order chi connectivity index (χ0) is 13.1.